The molecule has 5 nitrogen and oxygen atoms in total. The highest BCUT2D eigenvalue weighted by molar-refractivity contribution is 8.76. The number of hydrogen-bond acceptors (Lipinski definition) is 6. The molecule has 0 spiro atoms. The number of esters is 1. The molecule has 0 aliphatic heterocycles. The Balaban J connectivity index is 2.12. The van der Waals surface area contributed by atoms with E-state index in [1.165, 1.54) is 67.2 Å². The molecule has 0 heterocycles. The molecule has 1 amide bonds. The van der Waals surface area contributed by atoms with E-state index in [-0.39, 0.29) is 17.5 Å². The lowest BCUT2D eigenvalue weighted by Crippen LogP contribution is -2.39. The molecule has 0 bridgehead atoms. The van der Waals surface area contributed by atoms with Crippen LogP contribution in [0.2, 0.25) is 0 Å². The third kappa shape index (κ3) is 8.74. The number of alkyl carbamates (subject to hydrolysis) is 1. The zero-order chi connectivity index (χ0) is 17.0. The largest absolute Gasteiger partial charge is 0.468 e. The second-order valence-corrected chi connectivity index (χ2v) is 8.54. The van der Waals surface area contributed by atoms with Crippen molar-refractivity contribution in [3.8, 4) is 0 Å². The van der Waals surface area contributed by atoms with Gasteiger partial charge in [0.2, 0.25) is 0 Å². The zero-order valence-corrected chi connectivity index (χ0v) is 15.9. The molecule has 0 aromatic rings. The monoisotopic (exact) mass is 363 g/mol. The SMILES string of the molecule is CCCC1(CNC(=O)OCCSSCC(=O)OC)CCCCC1. The average molecular weight is 364 g/mol. The summed E-state index contributed by atoms with van der Waals surface area (Å²) in [5, 5.41) is 2.94. The molecule has 0 saturated heterocycles. The number of nitrogens with one attached hydrogen (secondary N) is 1. The minimum atomic E-state index is -0.329. The molecule has 0 aromatic heterocycles. The first-order valence-corrected chi connectivity index (χ1v) is 10.8. The molecule has 0 radical (unpaired) electrons. The minimum absolute atomic E-state index is 0.241. The van der Waals surface area contributed by atoms with Gasteiger partial charge in [0.05, 0.1) is 7.11 Å². The van der Waals surface area contributed by atoms with Crippen LogP contribution in [0.1, 0.15) is 51.9 Å². The van der Waals surface area contributed by atoms with Gasteiger partial charge < -0.3 is 14.8 Å². The summed E-state index contributed by atoms with van der Waals surface area (Å²) in [6, 6.07) is 0. The molecule has 7 heteroatoms. The number of amides is 1. The molecule has 1 fully saturated rings. The lowest BCUT2D eigenvalue weighted by molar-refractivity contribution is -0.137. The highest BCUT2D eigenvalue weighted by Crippen LogP contribution is 2.39. The Labute approximate surface area is 147 Å². The van der Waals surface area contributed by atoms with Crippen molar-refractivity contribution in [2.75, 3.05) is 31.8 Å². The first kappa shape index (κ1) is 20.5. The van der Waals surface area contributed by atoms with Crippen molar-refractivity contribution in [3.05, 3.63) is 0 Å². The molecule has 23 heavy (non-hydrogen) atoms. The molecular formula is C16H29NO4S2. The number of hydrogen-bond donors (Lipinski definition) is 1. The van der Waals surface area contributed by atoms with Crippen LogP contribution in [-0.4, -0.2) is 43.8 Å². The van der Waals surface area contributed by atoms with E-state index in [0.717, 1.165) is 13.0 Å². The van der Waals surface area contributed by atoms with Gasteiger partial charge in [-0.05, 0) is 24.7 Å². The Morgan fingerprint density at radius 3 is 2.57 bits per heavy atom. The number of methoxy groups -OCH3 is 1. The Kier molecular flexibility index (Phi) is 10.6. The highest BCUT2D eigenvalue weighted by Gasteiger charge is 2.31. The predicted octanol–water partition coefficient (Wildman–Crippen LogP) is 4.02. The van der Waals surface area contributed by atoms with Gasteiger partial charge in [0.15, 0.2) is 0 Å². The zero-order valence-electron chi connectivity index (χ0n) is 14.2. The average Bonchev–Trinajstić information content (AvgIpc) is 2.57. The van der Waals surface area contributed by atoms with Crippen molar-refractivity contribution in [3.63, 3.8) is 0 Å². The van der Waals surface area contributed by atoms with Crippen LogP contribution in [0.3, 0.4) is 0 Å². The fourth-order valence-corrected chi connectivity index (χ4v) is 4.70. The maximum absolute atomic E-state index is 11.8. The molecular weight excluding hydrogens is 334 g/mol. The van der Waals surface area contributed by atoms with Crippen LogP contribution in [0.25, 0.3) is 0 Å². The third-order valence-electron chi connectivity index (χ3n) is 4.19. The fraction of sp³-hybridized carbons (Fsp3) is 0.875. The summed E-state index contributed by atoms with van der Waals surface area (Å²) in [6.07, 6.45) is 8.27. The second kappa shape index (κ2) is 11.9. The lowest BCUT2D eigenvalue weighted by Gasteiger charge is -2.37. The quantitative estimate of drug-likeness (QED) is 0.359. The van der Waals surface area contributed by atoms with Crippen molar-refractivity contribution in [2.45, 2.75) is 51.9 Å². The van der Waals surface area contributed by atoms with Crippen LogP contribution in [0, 0.1) is 5.41 Å². The van der Waals surface area contributed by atoms with Crippen LogP contribution in [0.5, 0.6) is 0 Å². The van der Waals surface area contributed by atoms with Crippen LogP contribution < -0.4 is 5.32 Å². The number of carbonyl (C=O) groups excluding carboxylic acids is 2. The third-order valence-corrected chi connectivity index (χ3v) is 6.40. The summed E-state index contributed by atoms with van der Waals surface area (Å²) < 4.78 is 9.73. The van der Waals surface area contributed by atoms with Crippen LogP contribution in [0.4, 0.5) is 4.79 Å². The maximum atomic E-state index is 11.8. The normalized spacial score (nSPS) is 16.6. The van der Waals surface area contributed by atoms with Crippen LogP contribution >= 0.6 is 21.6 Å². The Morgan fingerprint density at radius 2 is 1.91 bits per heavy atom. The van der Waals surface area contributed by atoms with Gasteiger partial charge in [-0.15, -0.1) is 0 Å². The second-order valence-electron chi connectivity index (χ2n) is 5.96. The van der Waals surface area contributed by atoms with Crippen LogP contribution in [-0.2, 0) is 14.3 Å². The van der Waals surface area contributed by atoms with E-state index in [1.54, 1.807) is 0 Å². The van der Waals surface area contributed by atoms with Gasteiger partial charge in [0, 0.05) is 12.3 Å². The summed E-state index contributed by atoms with van der Waals surface area (Å²) in [7, 11) is 4.29. The fourth-order valence-electron chi connectivity index (χ4n) is 3.03. The van der Waals surface area contributed by atoms with Gasteiger partial charge in [-0.3, -0.25) is 4.79 Å². The minimum Gasteiger partial charge on any atom is -0.468 e. The van der Waals surface area contributed by atoms with E-state index in [4.69, 9.17) is 4.74 Å². The molecule has 1 rings (SSSR count). The van der Waals surface area contributed by atoms with Gasteiger partial charge in [0.25, 0.3) is 0 Å². The summed E-state index contributed by atoms with van der Waals surface area (Å²) in [5.41, 5.74) is 0.275. The van der Waals surface area contributed by atoms with Crippen molar-refractivity contribution < 1.29 is 19.1 Å². The van der Waals surface area contributed by atoms with E-state index >= 15 is 0 Å². The van der Waals surface area contributed by atoms with E-state index in [2.05, 4.69) is 17.0 Å². The van der Waals surface area contributed by atoms with Crippen molar-refractivity contribution >= 4 is 33.7 Å². The number of rotatable bonds is 10. The Bertz CT molecular complexity index is 354. The van der Waals surface area contributed by atoms with Crippen molar-refractivity contribution in [2.24, 2.45) is 5.41 Å². The molecule has 1 aliphatic carbocycles. The molecule has 1 saturated carbocycles. The van der Waals surface area contributed by atoms with E-state index in [1.807, 2.05) is 0 Å². The molecule has 0 unspecified atom stereocenters. The molecule has 0 atom stereocenters. The van der Waals surface area contributed by atoms with Gasteiger partial charge in [-0.2, -0.15) is 0 Å². The molecule has 1 N–H and O–H groups in total. The first-order valence-electron chi connectivity index (χ1n) is 8.34. The molecule has 0 aromatic carbocycles. The van der Waals surface area contributed by atoms with Gasteiger partial charge in [-0.1, -0.05) is 54.2 Å². The van der Waals surface area contributed by atoms with Crippen molar-refractivity contribution in [1.29, 1.82) is 0 Å². The van der Waals surface area contributed by atoms with Gasteiger partial charge >= 0.3 is 12.1 Å². The van der Waals surface area contributed by atoms with Gasteiger partial charge in [-0.25, -0.2) is 4.79 Å². The summed E-state index contributed by atoms with van der Waals surface area (Å²) in [5.74, 6) is 0.733. The highest BCUT2D eigenvalue weighted by atomic mass is 33.1. The molecule has 1 aliphatic rings. The standard InChI is InChI=1S/C16H29NO4S2/c1-3-7-16(8-5-4-6-9-16)13-17-15(19)21-10-11-22-23-12-14(18)20-2/h3-13H2,1-2H3,(H,17,19). The summed E-state index contributed by atoms with van der Waals surface area (Å²) in [6.45, 7) is 3.28. The smallest absolute Gasteiger partial charge is 0.407 e. The maximum Gasteiger partial charge on any atom is 0.407 e. The number of ether oxygens (including phenoxy) is 2. The Hall–Kier alpha value is -0.560. The van der Waals surface area contributed by atoms with Crippen molar-refractivity contribution in [1.82, 2.24) is 5.32 Å². The topological polar surface area (TPSA) is 64.6 Å². The summed E-state index contributed by atoms with van der Waals surface area (Å²) >= 11 is 0. The first-order chi connectivity index (χ1) is 11.1. The predicted molar refractivity (Wildman–Crippen MR) is 96.7 cm³/mol. The van der Waals surface area contributed by atoms with E-state index in [9.17, 15) is 9.59 Å². The van der Waals surface area contributed by atoms with Crippen LogP contribution in [0.15, 0.2) is 0 Å². The lowest BCUT2D eigenvalue weighted by atomic mass is 9.71. The molecule has 134 valence electrons. The van der Waals surface area contributed by atoms with Gasteiger partial charge in [0.1, 0.15) is 12.4 Å². The number of carbonyl (C=O) groups is 2. The van der Waals surface area contributed by atoms with E-state index in [0.29, 0.717) is 18.1 Å². The summed E-state index contributed by atoms with van der Waals surface area (Å²) in [4.78, 5) is 22.7. The van der Waals surface area contributed by atoms with E-state index < -0.39 is 0 Å². The Morgan fingerprint density at radius 1 is 1.17 bits per heavy atom.